The Kier molecular flexibility index (Phi) is 4.93. The molecule has 0 aliphatic carbocycles. The summed E-state index contributed by atoms with van der Waals surface area (Å²) in [7, 11) is 0. The van der Waals surface area contributed by atoms with E-state index in [0.29, 0.717) is 5.02 Å². The summed E-state index contributed by atoms with van der Waals surface area (Å²) in [6.45, 7) is 5.96. The molecule has 2 aromatic heterocycles. The molecule has 1 N–H and O–H groups in total. The van der Waals surface area contributed by atoms with E-state index in [2.05, 4.69) is 35.4 Å². The highest BCUT2D eigenvalue weighted by Gasteiger charge is 2.15. The molecule has 0 bridgehead atoms. The van der Waals surface area contributed by atoms with Gasteiger partial charge < -0.3 is 5.32 Å². The maximum atomic E-state index is 6.23. The number of halogens is 1. The van der Waals surface area contributed by atoms with E-state index in [1.54, 1.807) is 12.4 Å². The van der Waals surface area contributed by atoms with Crippen LogP contribution < -0.4 is 5.32 Å². The van der Waals surface area contributed by atoms with Crippen LogP contribution in [0.15, 0.2) is 30.9 Å². The number of likely N-dealkylation sites (N-methyl/N-ethyl adjacent to an activating group) is 1. The predicted octanol–water partition coefficient (Wildman–Crippen LogP) is 2.84. The summed E-state index contributed by atoms with van der Waals surface area (Å²) in [5.41, 5.74) is 2.29. The van der Waals surface area contributed by atoms with Crippen LogP contribution in [0.1, 0.15) is 31.0 Å². The lowest BCUT2D eigenvalue weighted by Gasteiger charge is -2.18. The van der Waals surface area contributed by atoms with Gasteiger partial charge in [-0.15, -0.1) is 0 Å². The molecule has 0 radical (unpaired) electrons. The monoisotopic (exact) mass is 278 g/mol. The van der Waals surface area contributed by atoms with E-state index in [1.165, 1.54) is 5.56 Å². The van der Waals surface area contributed by atoms with Crippen LogP contribution in [-0.4, -0.2) is 21.3 Å². The van der Waals surface area contributed by atoms with E-state index in [9.17, 15) is 0 Å². The second-order valence-electron chi connectivity index (χ2n) is 4.42. The molecule has 4 nitrogen and oxygen atoms in total. The first-order valence-electron chi connectivity index (χ1n) is 6.58. The first-order valence-corrected chi connectivity index (χ1v) is 6.96. The molecule has 19 heavy (non-hydrogen) atoms. The minimum atomic E-state index is 0.190. The van der Waals surface area contributed by atoms with Crippen molar-refractivity contribution in [2.75, 3.05) is 6.54 Å². The maximum absolute atomic E-state index is 6.23. The minimum Gasteiger partial charge on any atom is -0.310 e. The quantitative estimate of drug-likeness (QED) is 0.884. The minimum absolute atomic E-state index is 0.190. The standard InChI is InChI=1S/C14H19ClN4/c1-3-17-14(12-5-6-16-9-13(12)15)7-11-8-18-19(4-2)10-11/h5-6,8-10,14,17H,3-4,7H2,1-2H3. The van der Waals surface area contributed by atoms with E-state index < -0.39 is 0 Å². The van der Waals surface area contributed by atoms with Gasteiger partial charge in [-0.2, -0.15) is 5.10 Å². The van der Waals surface area contributed by atoms with Crippen molar-refractivity contribution in [2.45, 2.75) is 32.9 Å². The Hall–Kier alpha value is -1.39. The SMILES string of the molecule is CCNC(Cc1cnn(CC)c1)c1ccncc1Cl. The van der Waals surface area contributed by atoms with Crippen LogP contribution in [0.25, 0.3) is 0 Å². The predicted molar refractivity (Wildman–Crippen MR) is 77.3 cm³/mol. The zero-order valence-corrected chi connectivity index (χ0v) is 12.1. The molecule has 1 atom stereocenters. The number of aromatic nitrogens is 3. The summed E-state index contributed by atoms with van der Waals surface area (Å²) in [5, 5.41) is 8.48. The van der Waals surface area contributed by atoms with Gasteiger partial charge in [-0.25, -0.2) is 0 Å². The number of rotatable bonds is 6. The summed E-state index contributed by atoms with van der Waals surface area (Å²) < 4.78 is 1.94. The largest absolute Gasteiger partial charge is 0.310 e. The molecule has 0 amide bonds. The molecule has 102 valence electrons. The van der Waals surface area contributed by atoms with E-state index in [1.807, 2.05) is 16.9 Å². The summed E-state index contributed by atoms with van der Waals surface area (Å²) >= 11 is 6.23. The Balaban J connectivity index is 2.18. The van der Waals surface area contributed by atoms with Crippen molar-refractivity contribution >= 4 is 11.6 Å². The Morgan fingerprint density at radius 3 is 2.84 bits per heavy atom. The number of nitrogens with one attached hydrogen (secondary N) is 1. The smallest absolute Gasteiger partial charge is 0.0637 e. The van der Waals surface area contributed by atoms with Gasteiger partial charge in [0.2, 0.25) is 0 Å². The highest BCUT2D eigenvalue weighted by Crippen LogP contribution is 2.24. The molecule has 0 aromatic carbocycles. The molecule has 5 heteroatoms. The average Bonchev–Trinajstić information content (AvgIpc) is 2.87. The molecule has 0 aliphatic rings. The van der Waals surface area contributed by atoms with Crippen LogP contribution >= 0.6 is 11.6 Å². The molecule has 0 fully saturated rings. The molecular weight excluding hydrogens is 260 g/mol. The van der Waals surface area contributed by atoms with Gasteiger partial charge in [0.15, 0.2) is 0 Å². The Morgan fingerprint density at radius 2 is 2.21 bits per heavy atom. The zero-order valence-electron chi connectivity index (χ0n) is 11.3. The van der Waals surface area contributed by atoms with Crippen LogP contribution in [0.4, 0.5) is 0 Å². The lowest BCUT2D eigenvalue weighted by molar-refractivity contribution is 0.549. The van der Waals surface area contributed by atoms with E-state index in [-0.39, 0.29) is 6.04 Å². The van der Waals surface area contributed by atoms with E-state index in [4.69, 9.17) is 11.6 Å². The fourth-order valence-electron chi connectivity index (χ4n) is 2.13. The highest BCUT2D eigenvalue weighted by atomic mass is 35.5. The second-order valence-corrected chi connectivity index (χ2v) is 4.82. The summed E-state index contributed by atoms with van der Waals surface area (Å²) in [6, 6.07) is 2.16. The van der Waals surface area contributed by atoms with Gasteiger partial charge in [0.05, 0.1) is 11.2 Å². The normalized spacial score (nSPS) is 12.6. The molecule has 0 saturated heterocycles. The van der Waals surface area contributed by atoms with Gasteiger partial charge >= 0.3 is 0 Å². The number of hydrogen-bond acceptors (Lipinski definition) is 3. The molecule has 0 spiro atoms. The van der Waals surface area contributed by atoms with E-state index in [0.717, 1.165) is 25.1 Å². The van der Waals surface area contributed by atoms with Crippen LogP contribution in [-0.2, 0) is 13.0 Å². The third kappa shape index (κ3) is 3.55. The first-order chi connectivity index (χ1) is 9.24. The molecule has 2 rings (SSSR count). The molecule has 2 aromatic rings. The number of pyridine rings is 1. The van der Waals surface area contributed by atoms with Crippen molar-refractivity contribution in [2.24, 2.45) is 0 Å². The number of aryl methyl sites for hydroxylation is 1. The van der Waals surface area contributed by atoms with Crippen molar-refractivity contribution in [3.63, 3.8) is 0 Å². The van der Waals surface area contributed by atoms with Gasteiger partial charge in [-0.3, -0.25) is 9.67 Å². The van der Waals surface area contributed by atoms with Crippen molar-refractivity contribution in [1.82, 2.24) is 20.1 Å². The molecule has 2 heterocycles. The average molecular weight is 279 g/mol. The Labute approximate surface area is 118 Å². The molecule has 1 unspecified atom stereocenters. The fourth-order valence-corrected chi connectivity index (χ4v) is 2.38. The topological polar surface area (TPSA) is 42.7 Å². The zero-order chi connectivity index (χ0) is 13.7. The first kappa shape index (κ1) is 14.0. The maximum Gasteiger partial charge on any atom is 0.0637 e. The van der Waals surface area contributed by atoms with Gasteiger partial charge in [0.1, 0.15) is 0 Å². The number of nitrogens with zero attached hydrogens (tertiary/aromatic N) is 3. The van der Waals surface area contributed by atoms with Crippen molar-refractivity contribution < 1.29 is 0 Å². The lowest BCUT2D eigenvalue weighted by Crippen LogP contribution is -2.23. The van der Waals surface area contributed by atoms with Crippen LogP contribution in [0, 0.1) is 0 Å². The summed E-state index contributed by atoms with van der Waals surface area (Å²) in [5.74, 6) is 0. The number of hydrogen-bond donors (Lipinski definition) is 1. The molecular formula is C14H19ClN4. The van der Waals surface area contributed by atoms with Gasteiger partial charge in [-0.1, -0.05) is 18.5 Å². The van der Waals surface area contributed by atoms with Crippen LogP contribution in [0.5, 0.6) is 0 Å². The summed E-state index contributed by atoms with van der Waals surface area (Å²) in [4.78, 5) is 4.04. The van der Waals surface area contributed by atoms with Gasteiger partial charge in [-0.05, 0) is 37.1 Å². The van der Waals surface area contributed by atoms with Crippen LogP contribution in [0.2, 0.25) is 5.02 Å². The lowest BCUT2D eigenvalue weighted by atomic mass is 10.0. The molecule has 0 saturated carbocycles. The second kappa shape index (κ2) is 6.68. The Bertz CT molecular complexity index is 524. The van der Waals surface area contributed by atoms with Gasteiger partial charge in [0.25, 0.3) is 0 Å². The van der Waals surface area contributed by atoms with Crippen molar-refractivity contribution in [1.29, 1.82) is 0 Å². The summed E-state index contributed by atoms with van der Waals surface area (Å²) in [6.07, 6.45) is 8.34. The third-order valence-corrected chi connectivity index (χ3v) is 3.40. The van der Waals surface area contributed by atoms with Crippen molar-refractivity contribution in [3.05, 3.63) is 47.0 Å². The fraction of sp³-hybridized carbons (Fsp3) is 0.429. The molecule has 0 aliphatic heterocycles. The van der Waals surface area contributed by atoms with E-state index >= 15 is 0 Å². The highest BCUT2D eigenvalue weighted by molar-refractivity contribution is 6.31. The van der Waals surface area contributed by atoms with Crippen LogP contribution in [0.3, 0.4) is 0 Å². The third-order valence-electron chi connectivity index (χ3n) is 3.08. The Morgan fingerprint density at radius 1 is 1.37 bits per heavy atom. The van der Waals surface area contributed by atoms with Crippen molar-refractivity contribution in [3.8, 4) is 0 Å². The van der Waals surface area contributed by atoms with Gasteiger partial charge in [0, 0.05) is 31.2 Å².